The van der Waals surface area contributed by atoms with E-state index >= 15 is 4.39 Å². The quantitative estimate of drug-likeness (QED) is 0.128. The molecule has 282 valence electrons. The molecule has 2 aromatic heterocycles. The van der Waals surface area contributed by atoms with E-state index in [1.54, 1.807) is 19.1 Å². The van der Waals surface area contributed by atoms with Crippen molar-refractivity contribution in [2.75, 3.05) is 25.6 Å². The minimum atomic E-state index is -3.52. The third-order valence-corrected chi connectivity index (χ3v) is 19.2. The second kappa shape index (κ2) is 14.4. The number of aryl methyl sites for hydroxylation is 1. The molecule has 0 saturated carbocycles. The molecule has 0 bridgehead atoms. The zero-order valence-corrected chi connectivity index (χ0v) is 34.9. The zero-order valence-electron chi connectivity index (χ0n) is 31.3. The molecule has 4 heterocycles. The molecule has 10 nitrogen and oxygen atoms in total. The van der Waals surface area contributed by atoms with Gasteiger partial charge in [0.15, 0.2) is 29.9 Å². The van der Waals surface area contributed by atoms with Gasteiger partial charge in [0.05, 0.1) is 40.7 Å². The van der Waals surface area contributed by atoms with Crippen LogP contribution in [-0.4, -0.2) is 89.3 Å². The standard InChI is InChI=1S/C36H53ClFN3O7SSi2/c1-10-49(42,43)24-15-22-11-12-23(31(22)26(38)17-24)16-27-25(37)18-28-34(39-27)41(21-44-13-14-50(5,6)7)35(40-28)47-29-19-45-33-30(20-46-32(29)33)48-51(8,9)36(2,3)4/h15,17-18,23,29-30,32-33H,10-14,16,19-21H2,1-9H3/t23?,29-,30-,32-,33-/m1/s1. The van der Waals surface area contributed by atoms with Crippen molar-refractivity contribution in [2.45, 2.75) is 133 Å². The summed E-state index contributed by atoms with van der Waals surface area (Å²) in [5.74, 6) is -0.780. The van der Waals surface area contributed by atoms with E-state index in [1.165, 1.54) is 0 Å². The number of rotatable bonds is 13. The summed E-state index contributed by atoms with van der Waals surface area (Å²) in [6.45, 7) is 21.2. The Morgan fingerprint density at radius 1 is 1.04 bits per heavy atom. The fourth-order valence-electron chi connectivity index (χ4n) is 6.82. The van der Waals surface area contributed by atoms with Gasteiger partial charge < -0.3 is 23.4 Å². The second-order valence-corrected chi connectivity index (χ2v) is 30.0. The van der Waals surface area contributed by atoms with Gasteiger partial charge in [-0.3, -0.25) is 4.57 Å². The molecule has 2 saturated heterocycles. The lowest BCUT2D eigenvalue weighted by Gasteiger charge is -2.39. The number of aromatic nitrogens is 3. The first-order valence-electron chi connectivity index (χ1n) is 18.0. The summed E-state index contributed by atoms with van der Waals surface area (Å²) in [5, 5.41) is 0.482. The van der Waals surface area contributed by atoms with Gasteiger partial charge in [0, 0.05) is 14.7 Å². The van der Waals surface area contributed by atoms with Gasteiger partial charge in [-0.2, -0.15) is 4.98 Å². The molecule has 5 atom stereocenters. The molecule has 3 aliphatic rings. The molecule has 1 unspecified atom stereocenters. The topological polar surface area (TPSA) is 111 Å². The van der Waals surface area contributed by atoms with Crippen LogP contribution < -0.4 is 4.74 Å². The van der Waals surface area contributed by atoms with Crippen molar-refractivity contribution in [1.82, 2.24) is 14.5 Å². The Morgan fingerprint density at radius 2 is 1.73 bits per heavy atom. The second-order valence-electron chi connectivity index (χ2n) is 16.9. The van der Waals surface area contributed by atoms with Gasteiger partial charge in [-0.1, -0.05) is 58.9 Å². The summed E-state index contributed by atoms with van der Waals surface area (Å²) in [4.78, 5) is 9.85. The van der Waals surface area contributed by atoms with Gasteiger partial charge in [0.25, 0.3) is 0 Å². The maximum Gasteiger partial charge on any atom is 0.301 e. The minimum Gasteiger partial charge on any atom is -0.456 e. The van der Waals surface area contributed by atoms with Crippen LogP contribution in [0.5, 0.6) is 6.01 Å². The van der Waals surface area contributed by atoms with E-state index < -0.39 is 38.1 Å². The van der Waals surface area contributed by atoms with E-state index in [0.29, 0.717) is 72.5 Å². The van der Waals surface area contributed by atoms with E-state index in [9.17, 15) is 8.42 Å². The minimum absolute atomic E-state index is 0.0330. The Kier molecular flexibility index (Phi) is 10.9. The largest absolute Gasteiger partial charge is 0.456 e. The Labute approximate surface area is 308 Å². The number of benzene rings is 1. The smallest absolute Gasteiger partial charge is 0.301 e. The number of imidazole rings is 1. The molecular weight excluding hydrogens is 729 g/mol. The molecule has 2 aliphatic heterocycles. The number of nitrogens with zero attached hydrogens (tertiary/aromatic N) is 3. The van der Waals surface area contributed by atoms with Crippen molar-refractivity contribution in [1.29, 1.82) is 0 Å². The predicted molar refractivity (Wildman–Crippen MR) is 202 cm³/mol. The molecule has 0 N–H and O–H groups in total. The van der Waals surface area contributed by atoms with Crippen LogP contribution >= 0.6 is 11.6 Å². The van der Waals surface area contributed by atoms with Crippen LogP contribution in [0, 0.1) is 5.82 Å². The van der Waals surface area contributed by atoms with E-state index in [1.807, 2.05) is 4.57 Å². The van der Waals surface area contributed by atoms with Crippen LogP contribution in [0.4, 0.5) is 4.39 Å². The lowest BCUT2D eigenvalue weighted by atomic mass is 9.95. The molecular formula is C36H53ClFN3O7SSi2. The summed E-state index contributed by atoms with van der Waals surface area (Å²) in [6.07, 6.45) is 0.523. The molecule has 3 aromatic rings. The van der Waals surface area contributed by atoms with E-state index in [2.05, 4.69) is 53.5 Å². The number of hydrogen-bond donors (Lipinski definition) is 0. The first-order valence-corrected chi connectivity index (χ1v) is 26.7. The van der Waals surface area contributed by atoms with E-state index in [4.69, 9.17) is 44.9 Å². The Morgan fingerprint density at radius 3 is 2.39 bits per heavy atom. The van der Waals surface area contributed by atoms with Gasteiger partial charge in [-0.15, -0.1) is 0 Å². The van der Waals surface area contributed by atoms with Crippen LogP contribution in [0.25, 0.3) is 11.2 Å². The van der Waals surface area contributed by atoms with Crippen LogP contribution in [0.2, 0.25) is 48.8 Å². The highest BCUT2D eigenvalue weighted by Gasteiger charge is 2.52. The maximum absolute atomic E-state index is 15.5. The van der Waals surface area contributed by atoms with Crippen molar-refractivity contribution < 1.29 is 36.2 Å². The lowest BCUT2D eigenvalue weighted by molar-refractivity contribution is 0.00687. The highest BCUT2D eigenvalue weighted by Crippen LogP contribution is 2.42. The Bertz CT molecular complexity index is 1880. The molecule has 1 aliphatic carbocycles. The lowest BCUT2D eigenvalue weighted by Crippen LogP contribution is -2.47. The molecule has 1 aromatic carbocycles. The summed E-state index contributed by atoms with van der Waals surface area (Å²) in [7, 11) is -6.90. The van der Waals surface area contributed by atoms with Crippen LogP contribution in [0.1, 0.15) is 56.9 Å². The van der Waals surface area contributed by atoms with Gasteiger partial charge in [0.2, 0.25) is 0 Å². The Hall–Kier alpha value is -1.92. The van der Waals surface area contributed by atoms with Crippen LogP contribution in [0.3, 0.4) is 0 Å². The van der Waals surface area contributed by atoms with E-state index in [0.717, 1.165) is 17.7 Å². The van der Waals surface area contributed by atoms with Crippen molar-refractivity contribution in [3.63, 3.8) is 0 Å². The third-order valence-electron chi connectivity index (χ3n) is 10.9. The number of sulfone groups is 1. The SMILES string of the molecule is CCS(=O)(=O)c1cc(F)c2c(c1)CCC2Cc1nc2c(cc1Cl)nc(O[C@@H]1CO[C@H]3[C@@H]1OC[C@H]3O[Si](C)(C)C(C)(C)C)n2COCC[Si](C)(C)C. The molecule has 2 fully saturated rings. The number of pyridine rings is 1. The number of ether oxygens (including phenoxy) is 4. The molecule has 6 rings (SSSR count). The first kappa shape index (κ1) is 38.8. The van der Waals surface area contributed by atoms with Crippen molar-refractivity contribution >= 4 is 49.0 Å². The van der Waals surface area contributed by atoms with Crippen molar-refractivity contribution in [3.05, 3.63) is 45.9 Å². The first-order chi connectivity index (χ1) is 23.8. The molecule has 0 radical (unpaired) electrons. The fourth-order valence-corrected chi connectivity index (χ4v) is 10.0. The van der Waals surface area contributed by atoms with Crippen LogP contribution in [0.15, 0.2) is 23.1 Å². The predicted octanol–water partition coefficient (Wildman–Crippen LogP) is 7.54. The van der Waals surface area contributed by atoms with Crippen LogP contribution in [-0.2, 0) is 48.0 Å². The third kappa shape index (κ3) is 8.13. The molecule has 0 amide bonds. The van der Waals surface area contributed by atoms with Gasteiger partial charge in [-0.25, -0.2) is 17.8 Å². The van der Waals surface area contributed by atoms with Crippen molar-refractivity contribution in [2.24, 2.45) is 0 Å². The maximum atomic E-state index is 15.5. The monoisotopic (exact) mass is 781 g/mol. The zero-order chi connectivity index (χ0) is 37.1. The summed E-state index contributed by atoms with van der Waals surface area (Å²) < 4.78 is 74.3. The summed E-state index contributed by atoms with van der Waals surface area (Å²) in [6, 6.07) is 5.89. The van der Waals surface area contributed by atoms with Gasteiger partial charge in [0.1, 0.15) is 30.3 Å². The fraction of sp³-hybridized carbons (Fsp3) is 0.667. The molecule has 51 heavy (non-hydrogen) atoms. The summed E-state index contributed by atoms with van der Waals surface area (Å²) in [5.41, 5.74) is 2.99. The van der Waals surface area contributed by atoms with Gasteiger partial charge >= 0.3 is 6.01 Å². The summed E-state index contributed by atoms with van der Waals surface area (Å²) >= 11 is 6.83. The average Bonchev–Trinajstić information content (AvgIpc) is 3.80. The number of fused-ring (bicyclic) bond motifs is 3. The van der Waals surface area contributed by atoms with Gasteiger partial charge in [-0.05, 0) is 78.7 Å². The van der Waals surface area contributed by atoms with E-state index in [-0.39, 0.29) is 46.6 Å². The normalized spacial score (nSPS) is 24.0. The van der Waals surface area contributed by atoms with Crippen molar-refractivity contribution in [3.8, 4) is 6.01 Å². The highest BCUT2D eigenvalue weighted by atomic mass is 35.5. The average molecular weight is 783 g/mol. The highest BCUT2D eigenvalue weighted by molar-refractivity contribution is 7.91. The molecule has 15 heteroatoms. The Balaban J connectivity index is 1.26. The number of halogens is 2. The molecule has 0 spiro atoms. The number of hydrogen-bond acceptors (Lipinski definition) is 9.